The van der Waals surface area contributed by atoms with Crippen LogP contribution in [0.2, 0.25) is 0 Å². The van der Waals surface area contributed by atoms with Crippen molar-refractivity contribution in [2.75, 3.05) is 17.2 Å². The molecule has 1 aromatic rings. The highest BCUT2D eigenvalue weighted by molar-refractivity contribution is 9.09. The first-order valence-electron chi connectivity index (χ1n) is 4.55. The number of amides is 1. The van der Waals surface area contributed by atoms with Crippen LogP contribution in [0.5, 0.6) is 0 Å². The Kier molecular flexibility index (Phi) is 2.85. The molecule has 1 aliphatic heterocycles. The number of nitrogens with one attached hydrogen (secondary N) is 2. The average molecular weight is 305 g/mol. The normalized spacial score (nSPS) is 20.4. The highest BCUT2D eigenvalue weighted by atomic mass is 79.9. The second-order valence-electron chi connectivity index (χ2n) is 3.48. The minimum Gasteiger partial charge on any atom is -0.391 e. The summed E-state index contributed by atoms with van der Waals surface area (Å²) in [7, 11) is 0. The molecular weight excluding hydrogens is 296 g/mol. The number of aromatic nitrogens is 2. The molecule has 2 rings (SSSR count). The van der Waals surface area contributed by atoms with Crippen LogP contribution in [0.15, 0.2) is 4.79 Å². The molecule has 1 aliphatic rings. The molecule has 1 fully saturated rings. The van der Waals surface area contributed by atoms with Crippen molar-refractivity contribution in [1.82, 2.24) is 9.97 Å². The highest BCUT2D eigenvalue weighted by Crippen LogP contribution is 2.25. The molecule has 1 amide bonds. The van der Waals surface area contributed by atoms with Crippen LogP contribution in [0.3, 0.4) is 0 Å². The SMILES string of the molecule is Nc1c(N2CC(Br)CC2=O)[nH]c(=S)[nH]c1=O. The van der Waals surface area contributed by atoms with Gasteiger partial charge in [-0.3, -0.25) is 19.5 Å². The van der Waals surface area contributed by atoms with Crippen LogP contribution in [0.4, 0.5) is 11.5 Å². The van der Waals surface area contributed by atoms with E-state index in [1.807, 2.05) is 0 Å². The van der Waals surface area contributed by atoms with Crippen molar-refractivity contribution in [3.05, 3.63) is 15.1 Å². The standard InChI is InChI=1S/C8H9BrN4O2S/c9-3-1-4(14)13(2-3)6-5(10)7(15)12-8(16)11-6/h3H,1-2,10H2,(H2,11,12,15,16). The summed E-state index contributed by atoms with van der Waals surface area (Å²) in [4.78, 5) is 29.6. The minimum atomic E-state index is -0.482. The number of nitrogen functional groups attached to an aromatic ring is 1. The lowest BCUT2D eigenvalue weighted by Gasteiger charge is -2.16. The molecule has 0 aromatic carbocycles. The van der Waals surface area contributed by atoms with E-state index in [0.717, 1.165) is 0 Å². The van der Waals surface area contributed by atoms with Gasteiger partial charge in [-0.2, -0.15) is 0 Å². The van der Waals surface area contributed by atoms with Crippen molar-refractivity contribution >= 4 is 45.6 Å². The molecule has 0 radical (unpaired) electrons. The van der Waals surface area contributed by atoms with E-state index in [4.69, 9.17) is 18.0 Å². The number of carbonyl (C=O) groups excluding carboxylic acids is 1. The van der Waals surface area contributed by atoms with Gasteiger partial charge in [-0.05, 0) is 12.2 Å². The van der Waals surface area contributed by atoms with Crippen molar-refractivity contribution in [3.63, 3.8) is 0 Å². The summed E-state index contributed by atoms with van der Waals surface area (Å²) in [6, 6.07) is 0. The van der Waals surface area contributed by atoms with Gasteiger partial charge in [0, 0.05) is 17.8 Å². The van der Waals surface area contributed by atoms with E-state index in [1.165, 1.54) is 4.90 Å². The van der Waals surface area contributed by atoms with Crippen LogP contribution >= 0.6 is 28.1 Å². The van der Waals surface area contributed by atoms with Crippen LogP contribution in [-0.4, -0.2) is 27.2 Å². The number of alkyl halides is 1. The molecule has 8 heteroatoms. The van der Waals surface area contributed by atoms with Crippen molar-refractivity contribution in [2.24, 2.45) is 0 Å². The number of halogens is 1. The average Bonchev–Trinajstić information content (AvgIpc) is 2.51. The van der Waals surface area contributed by atoms with Gasteiger partial charge in [0.2, 0.25) is 5.91 Å². The second-order valence-corrected chi connectivity index (χ2v) is 5.18. The number of hydrogen-bond donors (Lipinski definition) is 3. The summed E-state index contributed by atoms with van der Waals surface area (Å²) in [6.45, 7) is 0.470. The van der Waals surface area contributed by atoms with Crippen LogP contribution in [0.1, 0.15) is 6.42 Å². The molecule has 1 unspecified atom stereocenters. The molecule has 6 nitrogen and oxygen atoms in total. The van der Waals surface area contributed by atoms with Crippen LogP contribution in [-0.2, 0) is 4.79 Å². The van der Waals surface area contributed by atoms with Crippen molar-refractivity contribution < 1.29 is 4.79 Å². The molecule has 1 aromatic heterocycles. The first-order valence-corrected chi connectivity index (χ1v) is 5.88. The van der Waals surface area contributed by atoms with Gasteiger partial charge in [0.05, 0.1) is 0 Å². The number of carbonyl (C=O) groups is 1. The number of aromatic amines is 2. The minimum absolute atomic E-state index is 0.0245. The van der Waals surface area contributed by atoms with Gasteiger partial charge in [0.15, 0.2) is 4.77 Å². The second kappa shape index (κ2) is 4.02. The molecule has 0 aliphatic carbocycles. The summed E-state index contributed by atoms with van der Waals surface area (Å²) < 4.78 is 0.153. The lowest BCUT2D eigenvalue weighted by atomic mass is 10.4. The van der Waals surface area contributed by atoms with Gasteiger partial charge >= 0.3 is 0 Å². The fourth-order valence-electron chi connectivity index (χ4n) is 1.58. The Morgan fingerprint density at radius 2 is 2.12 bits per heavy atom. The topological polar surface area (TPSA) is 95.0 Å². The third kappa shape index (κ3) is 1.90. The Morgan fingerprint density at radius 1 is 1.44 bits per heavy atom. The maximum Gasteiger partial charge on any atom is 0.277 e. The first-order chi connectivity index (χ1) is 7.49. The van der Waals surface area contributed by atoms with Crippen LogP contribution < -0.4 is 16.2 Å². The summed E-state index contributed by atoms with van der Waals surface area (Å²) >= 11 is 8.18. The molecular formula is C8H9BrN4O2S. The van der Waals surface area contributed by atoms with Crippen molar-refractivity contribution in [2.45, 2.75) is 11.2 Å². The van der Waals surface area contributed by atoms with E-state index in [2.05, 4.69) is 25.9 Å². The Hall–Kier alpha value is -1.15. The van der Waals surface area contributed by atoms with Gasteiger partial charge in [-0.15, -0.1) is 0 Å². The predicted octanol–water partition coefficient (Wildman–Crippen LogP) is 0.515. The Balaban J connectivity index is 2.53. The number of nitrogens with two attached hydrogens (primary N) is 1. The molecule has 0 spiro atoms. The molecule has 86 valence electrons. The van der Waals surface area contributed by atoms with Gasteiger partial charge in [0.25, 0.3) is 5.56 Å². The maximum absolute atomic E-state index is 11.6. The van der Waals surface area contributed by atoms with E-state index < -0.39 is 5.56 Å². The van der Waals surface area contributed by atoms with Crippen LogP contribution in [0, 0.1) is 4.77 Å². The van der Waals surface area contributed by atoms with E-state index in [0.29, 0.717) is 13.0 Å². The number of nitrogens with zero attached hydrogens (tertiary/aromatic N) is 1. The van der Waals surface area contributed by atoms with Crippen molar-refractivity contribution in [1.29, 1.82) is 0 Å². The van der Waals surface area contributed by atoms with Crippen LogP contribution in [0.25, 0.3) is 0 Å². The van der Waals surface area contributed by atoms with Gasteiger partial charge in [-0.1, -0.05) is 15.9 Å². The third-order valence-electron chi connectivity index (χ3n) is 2.31. The smallest absolute Gasteiger partial charge is 0.277 e. The highest BCUT2D eigenvalue weighted by Gasteiger charge is 2.31. The zero-order valence-corrected chi connectivity index (χ0v) is 10.5. The first kappa shape index (κ1) is 11.3. The molecule has 4 N–H and O–H groups in total. The number of anilines is 2. The largest absolute Gasteiger partial charge is 0.391 e. The van der Waals surface area contributed by atoms with Crippen molar-refractivity contribution in [3.8, 4) is 0 Å². The Bertz CT molecular complexity index is 552. The summed E-state index contributed by atoms with van der Waals surface area (Å²) in [5, 5.41) is 0. The number of hydrogen-bond acceptors (Lipinski definition) is 4. The van der Waals surface area contributed by atoms with Gasteiger partial charge in [-0.25, -0.2) is 0 Å². The zero-order valence-electron chi connectivity index (χ0n) is 8.12. The summed E-state index contributed by atoms with van der Waals surface area (Å²) in [6.07, 6.45) is 0.382. The predicted molar refractivity (Wildman–Crippen MR) is 66.3 cm³/mol. The van der Waals surface area contributed by atoms with E-state index in [9.17, 15) is 9.59 Å². The molecule has 16 heavy (non-hydrogen) atoms. The molecule has 0 bridgehead atoms. The lowest BCUT2D eigenvalue weighted by molar-refractivity contribution is -0.117. The van der Waals surface area contributed by atoms with E-state index in [1.54, 1.807) is 0 Å². The third-order valence-corrected chi connectivity index (χ3v) is 3.12. The molecule has 0 saturated carbocycles. The van der Waals surface area contributed by atoms with Gasteiger partial charge in [0.1, 0.15) is 11.5 Å². The van der Waals surface area contributed by atoms with E-state index in [-0.39, 0.29) is 27.0 Å². The lowest BCUT2D eigenvalue weighted by Crippen LogP contribution is -2.29. The number of rotatable bonds is 1. The Morgan fingerprint density at radius 3 is 2.69 bits per heavy atom. The monoisotopic (exact) mass is 304 g/mol. The quantitative estimate of drug-likeness (QED) is 0.520. The summed E-state index contributed by atoms with van der Waals surface area (Å²) in [5.74, 6) is 0.186. The van der Waals surface area contributed by atoms with Gasteiger partial charge < -0.3 is 10.7 Å². The maximum atomic E-state index is 11.6. The zero-order chi connectivity index (χ0) is 11.9. The fourth-order valence-corrected chi connectivity index (χ4v) is 2.33. The Labute approximate surface area is 104 Å². The van der Waals surface area contributed by atoms with E-state index >= 15 is 0 Å². The summed E-state index contributed by atoms with van der Waals surface area (Å²) in [5.41, 5.74) is 5.10. The molecule has 1 atom stereocenters. The fraction of sp³-hybridized carbons (Fsp3) is 0.375. The molecule has 1 saturated heterocycles. The molecule has 2 heterocycles. The number of H-pyrrole nitrogens is 2.